The number of carbonyl (C=O) groups is 1. The van der Waals surface area contributed by atoms with Crippen LogP contribution in [-0.2, 0) is 4.79 Å². The molecular formula is C15H20N2OS. The summed E-state index contributed by atoms with van der Waals surface area (Å²) >= 11 is 1.72. The zero-order chi connectivity index (χ0) is 14.3. The lowest BCUT2D eigenvalue weighted by atomic mass is 9.98. The maximum atomic E-state index is 12.4. The van der Waals surface area contributed by atoms with E-state index in [0.29, 0.717) is 0 Å². The van der Waals surface area contributed by atoms with E-state index < -0.39 is 5.92 Å². The van der Waals surface area contributed by atoms with Crippen LogP contribution < -0.4 is 0 Å². The monoisotopic (exact) mass is 276 g/mol. The Hall–Kier alpha value is -1.47. The van der Waals surface area contributed by atoms with Crippen molar-refractivity contribution in [2.45, 2.75) is 25.3 Å². The Morgan fingerprint density at radius 3 is 2.53 bits per heavy atom. The standard InChI is InChI=1S/C15H20N2OS/c1-4-13(11-19-3)17(2)15(18)14(10-16)12-8-6-5-7-9-12/h5-9,13-14H,4,11H2,1-3H3. The lowest BCUT2D eigenvalue weighted by molar-refractivity contribution is -0.131. The lowest BCUT2D eigenvalue weighted by Crippen LogP contribution is -2.40. The van der Waals surface area contributed by atoms with Crippen LogP contribution in [0, 0.1) is 11.3 Å². The van der Waals surface area contributed by atoms with Crippen molar-refractivity contribution in [3.05, 3.63) is 35.9 Å². The van der Waals surface area contributed by atoms with Gasteiger partial charge < -0.3 is 4.90 Å². The molecule has 0 N–H and O–H groups in total. The van der Waals surface area contributed by atoms with Crippen LogP contribution in [0.5, 0.6) is 0 Å². The molecule has 1 amide bonds. The van der Waals surface area contributed by atoms with Crippen LogP contribution >= 0.6 is 11.8 Å². The Morgan fingerprint density at radius 2 is 2.05 bits per heavy atom. The van der Waals surface area contributed by atoms with Crippen LogP contribution in [0.15, 0.2) is 30.3 Å². The molecule has 0 aliphatic rings. The number of rotatable bonds is 6. The molecule has 0 spiro atoms. The number of thioether (sulfide) groups is 1. The summed E-state index contributed by atoms with van der Waals surface area (Å²) in [5, 5.41) is 9.28. The second-order valence-corrected chi connectivity index (χ2v) is 5.35. The van der Waals surface area contributed by atoms with Gasteiger partial charge in [0.25, 0.3) is 0 Å². The fraction of sp³-hybridized carbons (Fsp3) is 0.467. The molecule has 0 radical (unpaired) electrons. The van der Waals surface area contributed by atoms with Gasteiger partial charge >= 0.3 is 0 Å². The molecule has 1 rings (SSSR count). The molecule has 0 heterocycles. The third-order valence-corrected chi connectivity index (χ3v) is 3.95. The molecule has 0 bridgehead atoms. The molecule has 19 heavy (non-hydrogen) atoms. The van der Waals surface area contributed by atoms with Gasteiger partial charge in [-0.05, 0) is 18.2 Å². The highest BCUT2D eigenvalue weighted by Crippen LogP contribution is 2.20. The van der Waals surface area contributed by atoms with E-state index in [0.717, 1.165) is 17.7 Å². The van der Waals surface area contributed by atoms with Gasteiger partial charge in [-0.2, -0.15) is 17.0 Å². The molecule has 102 valence electrons. The average molecular weight is 276 g/mol. The van der Waals surface area contributed by atoms with Crippen molar-refractivity contribution >= 4 is 17.7 Å². The maximum absolute atomic E-state index is 12.4. The largest absolute Gasteiger partial charge is 0.341 e. The molecule has 2 unspecified atom stereocenters. The van der Waals surface area contributed by atoms with Crippen molar-refractivity contribution in [2.75, 3.05) is 19.1 Å². The minimum absolute atomic E-state index is 0.116. The molecule has 3 nitrogen and oxygen atoms in total. The Balaban J connectivity index is 2.88. The second-order valence-electron chi connectivity index (χ2n) is 4.44. The molecular weight excluding hydrogens is 256 g/mol. The van der Waals surface area contributed by atoms with E-state index in [2.05, 4.69) is 13.0 Å². The van der Waals surface area contributed by atoms with Crippen molar-refractivity contribution in [1.29, 1.82) is 5.26 Å². The van der Waals surface area contributed by atoms with E-state index in [9.17, 15) is 10.1 Å². The van der Waals surface area contributed by atoms with Crippen molar-refractivity contribution in [3.8, 4) is 6.07 Å². The molecule has 0 fully saturated rings. The number of carbonyl (C=O) groups excluding carboxylic acids is 1. The molecule has 0 aliphatic carbocycles. The summed E-state index contributed by atoms with van der Waals surface area (Å²) in [6, 6.07) is 11.6. The quantitative estimate of drug-likeness (QED) is 0.802. The summed E-state index contributed by atoms with van der Waals surface area (Å²) in [4.78, 5) is 14.2. The first-order chi connectivity index (χ1) is 9.15. The maximum Gasteiger partial charge on any atom is 0.244 e. The van der Waals surface area contributed by atoms with Gasteiger partial charge in [-0.1, -0.05) is 37.3 Å². The van der Waals surface area contributed by atoms with Crippen LogP contribution in [0.25, 0.3) is 0 Å². The van der Waals surface area contributed by atoms with Gasteiger partial charge in [0.05, 0.1) is 6.07 Å². The second kappa shape index (κ2) is 7.85. The SMILES string of the molecule is CCC(CSC)N(C)C(=O)C(C#N)c1ccccc1. The fourth-order valence-corrected chi connectivity index (χ4v) is 2.84. The number of amides is 1. The summed E-state index contributed by atoms with van der Waals surface area (Å²) in [7, 11) is 1.79. The van der Waals surface area contributed by atoms with Gasteiger partial charge in [0.2, 0.25) is 5.91 Å². The third kappa shape index (κ3) is 4.00. The first-order valence-electron chi connectivity index (χ1n) is 6.35. The minimum atomic E-state index is -0.706. The molecule has 1 aromatic rings. The van der Waals surface area contributed by atoms with Crippen molar-refractivity contribution in [1.82, 2.24) is 4.90 Å². The highest BCUT2D eigenvalue weighted by Gasteiger charge is 2.27. The molecule has 4 heteroatoms. The van der Waals surface area contributed by atoms with E-state index in [1.54, 1.807) is 23.7 Å². The van der Waals surface area contributed by atoms with Gasteiger partial charge in [-0.3, -0.25) is 4.79 Å². The number of nitriles is 1. The fourth-order valence-electron chi connectivity index (χ4n) is 2.00. The number of nitrogens with zero attached hydrogens (tertiary/aromatic N) is 2. The van der Waals surface area contributed by atoms with Crippen LogP contribution in [0.3, 0.4) is 0 Å². The van der Waals surface area contributed by atoms with Gasteiger partial charge in [0.1, 0.15) is 5.92 Å². The predicted molar refractivity (Wildman–Crippen MR) is 80.0 cm³/mol. The Morgan fingerprint density at radius 1 is 1.42 bits per heavy atom. The Kier molecular flexibility index (Phi) is 6.44. The van der Waals surface area contributed by atoms with Crippen molar-refractivity contribution in [2.24, 2.45) is 0 Å². The summed E-state index contributed by atoms with van der Waals surface area (Å²) in [5.74, 6) is 0.0720. The first-order valence-corrected chi connectivity index (χ1v) is 7.75. The van der Waals surface area contributed by atoms with E-state index in [4.69, 9.17) is 0 Å². The van der Waals surface area contributed by atoms with Crippen LogP contribution in [0.4, 0.5) is 0 Å². The zero-order valence-electron chi connectivity index (χ0n) is 11.7. The highest BCUT2D eigenvalue weighted by atomic mass is 32.2. The van der Waals surface area contributed by atoms with E-state index >= 15 is 0 Å². The number of hydrogen-bond acceptors (Lipinski definition) is 3. The Bertz CT molecular complexity index is 441. The highest BCUT2D eigenvalue weighted by molar-refractivity contribution is 7.98. The van der Waals surface area contributed by atoms with Crippen molar-refractivity contribution < 1.29 is 4.79 Å². The van der Waals surface area contributed by atoms with Gasteiger partial charge in [0.15, 0.2) is 0 Å². The number of benzene rings is 1. The summed E-state index contributed by atoms with van der Waals surface area (Å²) in [5.41, 5.74) is 0.765. The van der Waals surface area contributed by atoms with Crippen molar-refractivity contribution in [3.63, 3.8) is 0 Å². The smallest absolute Gasteiger partial charge is 0.244 e. The van der Waals surface area contributed by atoms with Crippen LogP contribution in [-0.4, -0.2) is 35.9 Å². The topological polar surface area (TPSA) is 44.1 Å². The molecule has 0 saturated carbocycles. The molecule has 0 aliphatic heterocycles. The predicted octanol–water partition coefficient (Wildman–Crippen LogP) is 2.89. The van der Waals surface area contributed by atoms with Crippen LogP contribution in [0.1, 0.15) is 24.8 Å². The molecule has 0 saturated heterocycles. The summed E-state index contributed by atoms with van der Waals surface area (Å²) < 4.78 is 0. The summed E-state index contributed by atoms with van der Waals surface area (Å²) in [6.45, 7) is 2.06. The average Bonchev–Trinajstić information content (AvgIpc) is 2.45. The first kappa shape index (κ1) is 15.6. The summed E-state index contributed by atoms with van der Waals surface area (Å²) in [6.07, 6.45) is 2.93. The molecule has 1 aromatic carbocycles. The molecule has 0 aromatic heterocycles. The zero-order valence-corrected chi connectivity index (χ0v) is 12.5. The lowest BCUT2D eigenvalue weighted by Gasteiger charge is -2.28. The van der Waals surface area contributed by atoms with Gasteiger partial charge in [-0.25, -0.2) is 0 Å². The molecule has 2 atom stereocenters. The normalized spacial score (nSPS) is 13.4. The Labute approximate surface area is 119 Å². The van der Waals surface area contributed by atoms with E-state index in [1.807, 2.05) is 36.6 Å². The van der Waals surface area contributed by atoms with Gasteiger partial charge in [-0.15, -0.1) is 0 Å². The van der Waals surface area contributed by atoms with Gasteiger partial charge in [0, 0.05) is 18.8 Å². The third-order valence-electron chi connectivity index (χ3n) is 3.23. The minimum Gasteiger partial charge on any atom is -0.341 e. The number of likely N-dealkylation sites (N-methyl/N-ethyl adjacent to an activating group) is 1. The number of hydrogen-bond donors (Lipinski definition) is 0. The van der Waals surface area contributed by atoms with E-state index in [1.165, 1.54) is 0 Å². The van der Waals surface area contributed by atoms with E-state index in [-0.39, 0.29) is 11.9 Å². The van der Waals surface area contributed by atoms with Crippen LogP contribution in [0.2, 0.25) is 0 Å².